The highest BCUT2D eigenvalue weighted by molar-refractivity contribution is 5.94. The number of hydrogen-bond acceptors (Lipinski definition) is 3. The van der Waals surface area contributed by atoms with Gasteiger partial charge < -0.3 is 9.80 Å². The molecule has 1 aliphatic heterocycles. The third-order valence-corrected chi connectivity index (χ3v) is 6.04. The second-order valence-electron chi connectivity index (χ2n) is 7.89. The zero-order valence-corrected chi connectivity index (χ0v) is 16.8. The maximum atomic E-state index is 13.8. The summed E-state index contributed by atoms with van der Waals surface area (Å²) in [5.41, 5.74) is 3.52. The van der Waals surface area contributed by atoms with E-state index < -0.39 is 11.6 Å². The lowest BCUT2D eigenvalue weighted by atomic mass is 10.1. The van der Waals surface area contributed by atoms with Crippen LogP contribution in [0.3, 0.4) is 0 Å². The fourth-order valence-electron chi connectivity index (χ4n) is 4.41. The van der Waals surface area contributed by atoms with Crippen molar-refractivity contribution in [2.24, 2.45) is 0 Å². The molecule has 0 bridgehead atoms. The Hall–Kier alpha value is -3.29. The molecule has 1 saturated heterocycles. The average molecular weight is 426 g/mol. The number of halogens is 3. The quantitative estimate of drug-likeness (QED) is 0.641. The Morgan fingerprint density at radius 1 is 0.839 bits per heavy atom. The standard InChI is InChI=1S/C23H21F3N4O/c24-15-4-6-16(7-5-15)28-10-12-29(13-11-28)23(31)22-18-2-1-3-21(18)30(27-22)17-8-9-19(25)20(26)14-17/h4-9,14H,1-3,10-13H2. The molecule has 2 aromatic carbocycles. The number of anilines is 1. The van der Waals surface area contributed by atoms with Gasteiger partial charge in [0.05, 0.1) is 5.69 Å². The van der Waals surface area contributed by atoms with Gasteiger partial charge in [-0.15, -0.1) is 0 Å². The lowest BCUT2D eigenvalue weighted by Gasteiger charge is -2.36. The number of benzene rings is 2. The Morgan fingerprint density at radius 2 is 1.55 bits per heavy atom. The van der Waals surface area contributed by atoms with Crippen molar-refractivity contribution in [2.75, 3.05) is 31.1 Å². The number of aromatic nitrogens is 2. The van der Waals surface area contributed by atoms with Crippen molar-refractivity contribution >= 4 is 11.6 Å². The molecular weight excluding hydrogens is 405 g/mol. The Morgan fingerprint density at radius 3 is 2.26 bits per heavy atom. The van der Waals surface area contributed by atoms with Gasteiger partial charge in [-0.25, -0.2) is 17.9 Å². The fraction of sp³-hybridized carbons (Fsp3) is 0.304. The van der Waals surface area contributed by atoms with E-state index in [-0.39, 0.29) is 11.7 Å². The highest BCUT2D eigenvalue weighted by atomic mass is 19.2. The van der Waals surface area contributed by atoms with Crippen molar-refractivity contribution in [1.82, 2.24) is 14.7 Å². The molecule has 2 aliphatic rings. The van der Waals surface area contributed by atoms with Crippen LogP contribution in [0.15, 0.2) is 42.5 Å². The summed E-state index contributed by atoms with van der Waals surface area (Å²) in [7, 11) is 0. The van der Waals surface area contributed by atoms with Crippen LogP contribution >= 0.6 is 0 Å². The minimum absolute atomic E-state index is 0.141. The predicted octanol–water partition coefficient (Wildman–Crippen LogP) is 3.74. The number of rotatable bonds is 3. The zero-order chi connectivity index (χ0) is 21.5. The number of hydrogen-bond donors (Lipinski definition) is 0. The van der Waals surface area contributed by atoms with Gasteiger partial charge in [-0.1, -0.05) is 0 Å². The van der Waals surface area contributed by atoms with Crippen LogP contribution in [0.1, 0.15) is 28.2 Å². The molecule has 1 aliphatic carbocycles. The fourth-order valence-corrected chi connectivity index (χ4v) is 4.41. The molecule has 0 N–H and O–H groups in total. The van der Waals surface area contributed by atoms with Gasteiger partial charge in [-0.05, 0) is 55.7 Å². The zero-order valence-electron chi connectivity index (χ0n) is 16.8. The van der Waals surface area contributed by atoms with E-state index in [0.717, 1.165) is 48.3 Å². The lowest BCUT2D eigenvalue weighted by molar-refractivity contribution is 0.0739. The van der Waals surface area contributed by atoms with E-state index >= 15 is 0 Å². The highest BCUT2D eigenvalue weighted by Gasteiger charge is 2.31. The molecule has 0 atom stereocenters. The van der Waals surface area contributed by atoms with Crippen LogP contribution in [0.2, 0.25) is 0 Å². The topological polar surface area (TPSA) is 41.4 Å². The third-order valence-electron chi connectivity index (χ3n) is 6.04. The predicted molar refractivity (Wildman–Crippen MR) is 110 cm³/mol. The largest absolute Gasteiger partial charge is 0.368 e. The molecule has 0 radical (unpaired) electrons. The molecule has 0 saturated carbocycles. The second-order valence-corrected chi connectivity index (χ2v) is 7.89. The first-order chi connectivity index (χ1) is 15.0. The van der Waals surface area contributed by atoms with Gasteiger partial charge in [-0.3, -0.25) is 4.79 Å². The smallest absolute Gasteiger partial charge is 0.274 e. The molecule has 1 aromatic heterocycles. The van der Waals surface area contributed by atoms with E-state index in [0.29, 0.717) is 37.6 Å². The molecular formula is C23H21F3N4O. The van der Waals surface area contributed by atoms with E-state index in [9.17, 15) is 18.0 Å². The normalized spacial score (nSPS) is 16.0. The summed E-state index contributed by atoms with van der Waals surface area (Å²) in [5.74, 6) is -2.27. The SMILES string of the molecule is O=C(c1nn(-c2ccc(F)c(F)c2)c2c1CCC2)N1CCN(c2ccc(F)cc2)CC1. The summed E-state index contributed by atoms with van der Waals surface area (Å²) in [4.78, 5) is 17.2. The van der Waals surface area contributed by atoms with Crippen molar-refractivity contribution in [1.29, 1.82) is 0 Å². The van der Waals surface area contributed by atoms with Crippen molar-refractivity contribution in [3.8, 4) is 5.69 Å². The van der Waals surface area contributed by atoms with Crippen LogP contribution in [0.25, 0.3) is 5.69 Å². The second kappa shape index (κ2) is 7.76. The Kier molecular flexibility index (Phi) is 4.92. The Bertz CT molecular complexity index is 1130. The molecule has 2 heterocycles. The molecule has 3 aromatic rings. The van der Waals surface area contributed by atoms with E-state index in [1.807, 2.05) is 0 Å². The van der Waals surface area contributed by atoms with Crippen LogP contribution in [0.4, 0.5) is 18.9 Å². The summed E-state index contributed by atoms with van der Waals surface area (Å²) < 4.78 is 41.8. The molecule has 31 heavy (non-hydrogen) atoms. The van der Waals surface area contributed by atoms with Gasteiger partial charge in [0, 0.05) is 49.2 Å². The first kappa shape index (κ1) is 19.7. The molecule has 160 valence electrons. The van der Waals surface area contributed by atoms with Gasteiger partial charge >= 0.3 is 0 Å². The Labute approximate surface area is 177 Å². The van der Waals surface area contributed by atoms with Crippen molar-refractivity contribution in [3.05, 3.63) is 76.9 Å². The third kappa shape index (κ3) is 3.56. The van der Waals surface area contributed by atoms with Gasteiger partial charge in [0.15, 0.2) is 17.3 Å². The van der Waals surface area contributed by atoms with Crippen LogP contribution < -0.4 is 4.90 Å². The maximum absolute atomic E-state index is 13.8. The first-order valence-electron chi connectivity index (χ1n) is 10.4. The van der Waals surface area contributed by atoms with Crippen LogP contribution in [-0.4, -0.2) is 46.8 Å². The summed E-state index contributed by atoms with van der Waals surface area (Å²) in [6, 6.07) is 9.99. The molecule has 1 fully saturated rings. The minimum atomic E-state index is -0.940. The molecule has 1 amide bonds. The molecule has 0 unspecified atom stereocenters. The first-order valence-corrected chi connectivity index (χ1v) is 10.4. The summed E-state index contributed by atoms with van der Waals surface area (Å²) in [6.07, 6.45) is 2.39. The lowest BCUT2D eigenvalue weighted by Crippen LogP contribution is -2.49. The molecule has 5 rings (SSSR count). The number of amides is 1. The molecule has 5 nitrogen and oxygen atoms in total. The number of fused-ring (bicyclic) bond motifs is 1. The number of carbonyl (C=O) groups excluding carboxylic acids is 1. The van der Waals surface area contributed by atoms with Gasteiger partial charge in [-0.2, -0.15) is 5.10 Å². The molecule has 8 heteroatoms. The van der Waals surface area contributed by atoms with Crippen LogP contribution in [0.5, 0.6) is 0 Å². The van der Waals surface area contributed by atoms with Crippen LogP contribution in [-0.2, 0) is 12.8 Å². The average Bonchev–Trinajstić information content (AvgIpc) is 3.39. The number of carbonyl (C=O) groups is 1. The summed E-state index contributed by atoms with van der Waals surface area (Å²) >= 11 is 0. The van der Waals surface area contributed by atoms with Gasteiger partial charge in [0.1, 0.15) is 5.82 Å². The van der Waals surface area contributed by atoms with Crippen molar-refractivity contribution < 1.29 is 18.0 Å². The Balaban J connectivity index is 1.37. The summed E-state index contributed by atoms with van der Waals surface area (Å²) in [5, 5.41) is 4.52. The highest BCUT2D eigenvalue weighted by Crippen LogP contribution is 2.29. The van der Waals surface area contributed by atoms with Crippen molar-refractivity contribution in [3.63, 3.8) is 0 Å². The van der Waals surface area contributed by atoms with E-state index in [1.54, 1.807) is 21.7 Å². The summed E-state index contributed by atoms with van der Waals surface area (Å²) in [6.45, 7) is 2.35. The molecule has 0 spiro atoms. The van der Waals surface area contributed by atoms with Gasteiger partial charge in [0.2, 0.25) is 0 Å². The maximum Gasteiger partial charge on any atom is 0.274 e. The van der Waals surface area contributed by atoms with E-state index in [2.05, 4.69) is 10.00 Å². The van der Waals surface area contributed by atoms with E-state index in [1.165, 1.54) is 18.2 Å². The number of piperazine rings is 1. The van der Waals surface area contributed by atoms with Gasteiger partial charge in [0.25, 0.3) is 5.91 Å². The number of nitrogens with zero attached hydrogens (tertiary/aromatic N) is 4. The minimum Gasteiger partial charge on any atom is -0.368 e. The van der Waals surface area contributed by atoms with Crippen LogP contribution in [0, 0.1) is 17.5 Å². The van der Waals surface area contributed by atoms with Crippen molar-refractivity contribution in [2.45, 2.75) is 19.3 Å². The van der Waals surface area contributed by atoms with E-state index in [4.69, 9.17) is 0 Å². The monoisotopic (exact) mass is 426 g/mol.